The predicted octanol–water partition coefficient (Wildman–Crippen LogP) is 5.01. The van der Waals surface area contributed by atoms with Crippen LogP contribution in [0.2, 0.25) is 31.5 Å². The van der Waals surface area contributed by atoms with Crippen LogP contribution in [0.1, 0.15) is 41.5 Å². The van der Waals surface area contributed by atoms with E-state index in [9.17, 15) is 0 Å². The van der Waals surface area contributed by atoms with Crippen LogP contribution < -0.4 is 0 Å². The zero-order chi connectivity index (χ0) is 12.7. The van der Waals surface area contributed by atoms with Crippen molar-refractivity contribution in [2.45, 2.75) is 73.1 Å². The number of rotatable bonds is 2. The summed E-state index contributed by atoms with van der Waals surface area (Å²) in [6.07, 6.45) is 0. The first-order valence-electron chi connectivity index (χ1n) is 5.91. The summed E-state index contributed by atoms with van der Waals surface area (Å²) >= 11 is -4.20. The third kappa shape index (κ3) is 4.08. The fourth-order valence-electron chi connectivity index (χ4n) is 2.04. The van der Waals surface area contributed by atoms with Crippen LogP contribution in [0.25, 0.3) is 0 Å². The average Bonchev–Trinajstić information content (AvgIpc) is 1.77. The molecule has 0 aromatic rings. The molecule has 0 aromatic carbocycles. The Bertz CT molecular complexity index is 201. The van der Waals surface area contributed by atoms with E-state index >= 15 is 0 Å². The van der Waals surface area contributed by atoms with Crippen molar-refractivity contribution < 1.29 is 2.79 Å². The van der Waals surface area contributed by atoms with Crippen LogP contribution >= 0.6 is 0 Å². The van der Waals surface area contributed by atoms with Crippen LogP contribution in [-0.2, 0) is 2.79 Å². The molecular weight excluding hydrogens is 305 g/mol. The summed E-state index contributed by atoms with van der Waals surface area (Å²) in [7, 11) is 0. The summed E-state index contributed by atoms with van der Waals surface area (Å²) in [5.74, 6) is 9.56. The molecule has 0 heterocycles. The fraction of sp³-hybridized carbons (Fsp3) is 1.00. The van der Waals surface area contributed by atoms with Crippen molar-refractivity contribution in [1.82, 2.24) is 0 Å². The second kappa shape index (κ2) is 4.38. The van der Waals surface area contributed by atoms with Crippen LogP contribution in [-0.4, -0.2) is 27.2 Å². The molecular formula is C12H30Ge2O. The quantitative estimate of drug-likeness (QED) is 0.644. The minimum absolute atomic E-state index is 0.358. The van der Waals surface area contributed by atoms with Gasteiger partial charge in [0.25, 0.3) is 0 Å². The van der Waals surface area contributed by atoms with Crippen molar-refractivity contribution in [2.24, 2.45) is 0 Å². The first-order chi connectivity index (χ1) is 6.21. The Morgan fingerprint density at radius 1 is 0.667 bits per heavy atom. The van der Waals surface area contributed by atoms with E-state index in [0.717, 1.165) is 0 Å². The first kappa shape index (κ1) is 16.0. The molecule has 0 saturated heterocycles. The molecule has 0 aliphatic rings. The maximum absolute atomic E-state index is 6.73. The van der Waals surface area contributed by atoms with Crippen molar-refractivity contribution >= 4 is 27.2 Å². The van der Waals surface area contributed by atoms with E-state index in [1.54, 1.807) is 0 Å². The van der Waals surface area contributed by atoms with Gasteiger partial charge in [-0.3, -0.25) is 0 Å². The molecule has 92 valence electrons. The first-order valence-corrected chi connectivity index (χ1v) is 18.1. The van der Waals surface area contributed by atoms with E-state index in [-0.39, 0.29) is 0 Å². The molecule has 3 heteroatoms. The molecule has 0 rings (SSSR count). The second-order valence-electron chi connectivity index (χ2n) is 7.75. The van der Waals surface area contributed by atoms with E-state index in [1.807, 2.05) is 0 Å². The van der Waals surface area contributed by atoms with Crippen molar-refractivity contribution in [3.05, 3.63) is 0 Å². The SMILES string of the molecule is C[C](C)(C)[Ge]([CH3])([O][Ge]([CH3])([CH3])[CH3])[C](C)(C)C. The van der Waals surface area contributed by atoms with Crippen LogP contribution in [0.15, 0.2) is 0 Å². The van der Waals surface area contributed by atoms with Gasteiger partial charge in [0.05, 0.1) is 0 Å². The average molecular weight is 336 g/mol. The van der Waals surface area contributed by atoms with Crippen molar-refractivity contribution in [3.8, 4) is 0 Å². The summed E-state index contributed by atoms with van der Waals surface area (Å²) in [5, 5.41) is 0. The summed E-state index contributed by atoms with van der Waals surface area (Å²) in [5.41, 5.74) is 0. The molecule has 0 aromatic heterocycles. The van der Waals surface area contributed by atoms with Crippen LogP contribution in [0.3, 0.4) is 0 Å². The van der Waals surface area contributed by atoms with Gasteiger partial charge in [-0.2, -0.15) is 0 Å². The van der Waals surface area contributed by atoms with Crippen LogP contribution in [0, 0.1) is 0 Å². The molecule has 0 atom stereocenters. The van der Waals surface area contributed by atoms with Crippen molar-refractivity contribution in [1.29, 1.82) is 0 Å². The monoisotopic (exact) mass is 338 g/mol. The summed E-state index contributed by atoms with van der Waals surface area (Å²) < 4.78 is 7.44. The van der Waals surface area contributed by atoms with Crippen molar-refractivity contribution in [2.75, 3.05) is 0 Å². The van der Waals surface area contributed by atoms with Gasteiger partial charge in [-0.25, -0.2) is 0 Å². The van der Waals surface area contributed by atoms with E-state index in [2.05, 4.69) is 64.6 Å². The predicted molar refractivity (Wildman–Crippen MR) is 75.5 cm³/mol. The van der Waals surface area contributed by atoms with Crippen molar-refractivity contribution in [3.63, 3.8) is 0 Å². The maximum atomic E-state index is 6.73. The fourth-order valence-corrected chi connectivity index (χ4v) is 30.6. The standard InChI is InChI=1S/C12H30Ge2O/c1-11(2,3)14(10,12(4,5)6)15-13(7,8)9/h1-10H3. The van der Waals surface area contributed by atoms with Gasteiger partial charge in [0, 0.05) is 0 Å². The molecule has 0 fully saturated rings. The Morgan fingerprint density at radius 2 is 0.933 bits per heavy atom. The Balaban J connectivity index is 5.26. The van der Waals surface area contributed by atoms with E-state index in [1.165, 1.54) is 0 Å². The third-order valence-corrected chi connectivity index (χ3v) is 28.7. The molecule has 0 bridgehead atoms. The molecule has 0 spiro atoms. The van der Waals surface area contributed by atoms with Gasteiger partial charge in [0.2, 0.25) is 0 Å². The third-order valence-electron chi connectivity index (χ3n) is 3.37. The van der Waals surface area contributed by atoms with Gasteiger partial charge >= 0.3 is 103 Å². The topological polar surface area (TPSA) is 9.23 Å². The second-order valence-corrected chi connectivity index (χ2v) is 29.9. The molecule has 0 unspecified atom stereocenters. The number of hydrogen-bond donors (Lipinski definition) is 0. The molecule has 0 radical (unpaired) electrons. The molecule has 15 heavy (non-hydrogen) atoms. The van der Waals surface area contributed by atoms with Gasteiger partial charge < -0.3 is 0 Å². The van der Waals surface area contributed by atoms with Gasteiger partial charge in [-0.1, -0.05) is 0 Å². The molecule has 0 aliphatic carbocycles. The Morgan fingerprint density at radius 3 is 1.00 bits per heavy atom. The summed E-state index contributed by atoms with van der Waals surface area (Å²) in [6, 6.07) is 0. The van der Waals surface area contributed by atoms with E-state index < -0.39 is 27.2 Å². The Labute approximate surface area is 103 Å². The van der Waals surface area contributed by atoms with Gasteiger partial charge in [0.1, 0.15) is 0 Å². The zero-order valence-electron chi connectivity index (χ0n) is 12.4. The van der Waals surface area contributed by atoms with Crippen LogP contribution in [0.5, 0.6) is 0 Å². The number of hydrogen-bond acceptors (Lipinski definition) is 1. The van der Waals surface area contributed by atoms with E-state index in [4.69, 9.17) is 2.79 Å². The van der Waals surface area contributed by atoms with Crippen LogP contribution in [0.4, 0.5) is 0 Å². The van der Waals surface area contributed by atoms with Gasteiger partial charge in [0.15, 0.2) is 0 Å². The summed E-state index contributed by atoms with van der Waals surface area (Å²) in [6.45, 7) is 14.2. The Hall–Kier alpha value is 1.05. The normalized spacial score (nSPS) is 15.6. The minimum atomic E-state index is -2.28. The molecule has 0 amide bonds. The molecule has 0 aliphatic heterocycles. The summed E-state index contributed by atoms with van der Waals surface area (Å²) in [4.78, 5) is 0. The molecule has 0 saturated carbocycles. The van der Waals surface area contributed by atoms with Gasteiger partial charge in [-0.15, -0.1) is 0 Å². The van der Waals surface area contributed by atoms with Gasteiger partial charge in [-0.05, 0) is 0 Å². The van der Waals surface area contributed by atoms with E-state index in [0.29, 0.717) is 8.49 Å². The molecule has 0 N–H and O–H groups in total. The zero-order valence-corrected chi connectivity index (χ0v) is 16.6. The Kier molecular flexibility index (Phi) is 4.68. The molecule has 1 nitrogen and oxygen atoms in total.